The Labute approximate surface area is 117 Å². The quantitative estimate of drug-likeness (QED) is 0.905. The Morgan fingerprint density at radius 1 is 1.30 bits per heavy atom. The van der Waals surface area contributed by atoms with Crippen molar-refractivity contribution in [2.24, 2.45) is 5.41 Å². The Morgan fingerprint density at radius 2 is 1.90 bits per heavy atom. The van der Waals surface area contributed by atoms with Crippen molar-refractivity contribution in [2.75, 3.05) is 6.54 Å². The summed E-state index contributed by atoms with van der Waals surface area (Å²) in [6.45, 7) is 4.13. The van der Waals surface area contributed by atoms with Crippen LogP contribution in [0.2, 0.25) is 0 Å². The van der Waals surface area contributed by atoms with E-state index in [1.54, 1.807) is 0 Å². The minimum absolute atomic E-state index is 0.315. The molecule has 1 N–H and O–H groups in total. The number of benzene rings is 1. The lowest BCUT2D eigenvalue weighted by atomic mass is 9.76. The molecule has 1 amide bonds. The first-order valence-electron chi connectivity index (χ1n) is 6.62. The molecule has 1 aliphatic heterocycles. The monoisotopic (exact) mass is 279 g/mol. The number of hydrogen-bond acceptors (Lipinski definition) is 2. The Bertz CT molecular complexity index is 524. The van der Waals surface area contributed by atoms with Gasteiger partial charge < -0.3 is 10.0 Å². The van der Waals surface area contributed by atoms with Gasteiger partial charge in [-0.3, -0.25) is 4.79 Å². The Hall–Kier alpha value is -1.91. The molecule has 0 aromatic heterocycles. The zero-order valence-corrected chi connectivity index (χ0v) is 11.6. The number of carbonyl (C=O) groups excluding carboxylic acids is 1. The molecule has 1 atom stereocenters. The van der Waals surface area contributed by atoms with Crippen LogP contribution < -0.4 is 0 Å². The molecule has 1 fully saturated rings. The minimum Gasteiger partial charge on any atom is -0.480 e. The molecule has 1 aromatic rings. The van der Waals surface area contributed by atoms with Crippen LogP contribution in [0.5, 0.6) is 0 Å². The summed E-state index contributed by atoms with van der Waals surface area (Å²) in [6.07, 6.45) is 1.53. The van der Waals surface area contributed by atoms with Gasteiger partial charge in [-0.1, -0.05) is 13.8 Å². The van der Waals surface area contributed by atoms with E-state index in [4.69, 9.17) is 0 Å². The van der Waals surface area contributed by atoms with E-state index in [2.05, 4.69) is 0 Å². The van der Waals surface area contributed by atoms with Crippen molar-refractivity contribution >= 4 is 11.9 Å². The summed E-state index contributed by atoms with van der Waals surface area (Å²) in [7, 11) is 0. The van der Waals surface area contributed by atoms with Gasteiger partial charge >= 0.3 is 5.97 Å². The van der Waals surface area contributed by atoms with Gasteiger partial charge in [-0.15, -0.1) is 0 Å². The summed E-state index contributed by atoms with van der Waals surface area (Å²) in [6, 6.07) is 4.33. The highest BCUT2D eigenvalue weighted by Crippen LogP contribution is 2.36. The molecule has 1 saturated heterocycles. The van der Waals surface area contributed by atoms with Gasteiger partial charge in [-0.2, -0.15) is 0 Å². The van der Waals surface area contributed by atoms with Crippen molar-refractivity contribution in [3.8, 4) is 0 Å². The van der Waals surface area contributed by atoms with Crippen LogP contribution >= 0.6 is 0 Å². The maximum Gasteiger partial charge on any atom is 0.326 e. The molecule has 20 heavy (non-hydrogen) atoms. The van der Waals surface area contributed by atoms with Crippen LogP contribution in [0, 0.1) is 11.2 Å². The molecule has 0 bridgehead atoms. The lowest BCUT2D eigenvalue weighted by Crippen LogP contribution is -2.56. The molecule has 0 spiro atoms. The molecule has 5 heteroatoms. The van der Waals surface area contributed by atoms with Crippen LogP contribution in [-0.4, -0.2) is 34.5 Å². The van der Waals surface area contributed by atoms with E-state index in [1.807, 2.05) is 13.8 Å². The number of likely N-dealkylation sites (tertiary alicyclic amines) is 1. The number of hydrogen-bond donors (Lipinski definition) is 1. The largest absolute Gasteiger partial charge is 0.480 e. The Kier molecular flexibility index (Phi) is 3.79. The molecule has 108 valence electrons. The molecule has 2 rings (SSSR count). The first kappa shape index (κ1) is 14.5. The standard InChI is InChI=1S/C15H18FNO3/c1-15(2)8-3-9-17(12(15)14(19)20)13(18)10-4-6-11(16)7-5-10/h4-7,12H,3,8-9H2,1-2H3,(H,19,20). The second-order valence-electron chi connectivity index (χ2n) is 5.84. The van der Waals surface area contributed by atoms with Gasteiger partial charge in [-0.05, 0) is 42.5 Å². The molecule has 0 radical (unpaired) electrons. The van der Waals surface area contributed by atoms with Crippen molar-refractivity contribution < 1.29 is 19.1 Å². The van der Waals surface area contributed by atoms with Crippen LogP contribution in [0.1, 0.15) is 37.0 Å². The van der Waals surface area contributed by atoms with Crippen LogP contribution in [-0.2, 0) is 4.79 Å². The maximum atomic E-state index is 12.9. The second kappa shape index (κ2) is 5.23. The number of rotatable bonds is 2. The molecule has 1 aliphatic rings. The minimum atomic E-state index is -0.995. The molecule has 1 aromatic carbocycles. The topological polar surface area (TPSA) is 57.6 Å². The molecular formula is C15H18FNO3. The summed E-state index contributed by atoms with van der Waals surface area (Å²) < 4.78 is 12.9. The molecule has 0 aliphatic carbocycles. The summed E-state index contributed by atoms with van der Waals surface area (Å²) in [5.41, 5.74) is -0.157. The summed E-state index contributed by atoms with van der Waals surface area (Å²) in [5.74, 6) is -1.77. The van der Waals surface area contributed by atoms with Crippen molar-refractivity contribution in [3.05, 3.63) is 35.6 Å². The van der Waals surface area contributed by atoms with Gasteiger partial charge in [0.15, 0.2) is 0 Å². The maximum absolute atomic E-state index is 12.9. The zero-order chi connectivity index (χ0) is 14.9. The van der Waals surface area contributed by atoms with E-state index in [1.165, 1.54) is 29.2 Å². The Balaban J connectivity index is 2.31. The van der Waals surface area contributed by atoms with E-state index in [0.717, 1.165) is 12.8 Å². The average Bonchev–Trinajstić information content (AvgIpc) is 2.36. The SMILES string of the molecule is CC1(C)CCCN(C(=O)c2ccc(F)cc2)C1C(=O)O. The molecule has 1 heterocycles. The van der Waals surface area contributed by atoms with Gasteiger partial charge in [0, 0.05) is 12.1 Å². The van der Waals surface area contributed by atoms with Crippen LogP contribution in [0.3, 0.4) is 0 Å². The molecular weight excluding hydrogens is 261 g/mol. The molecule has 4 nitrogen and oxygen atoms in total. The van der Waals surface area contributed by atoms with Crippen LogP contribution in [0.4, 0.5) is 4.39 Å². The fourth-order valence-electron chi connectivity index (χ4n) is 2.84. The third kappa shape index (κ3) is 2.66. The summed E-state index contributed by atoms with van der Waals surface area (Å²) in [5, 5.41) is 9.43. The van der Waals surface area contributed by atoms with E-state index < -0.39 is 23.2 Å². The number of nitrogens with zero attached hydrogens (tertiary/aromatic N) is 1. The fourth-order valence-corrected chi connectivity index (χ4v) is 2.84. The van der Waals surface area contributed by atoms with Gasteiger partial charge in [-0.25, -0.2) is 9.18 Å². The Morgan fingerprint density at radius 3 is 2.45 bits per heavy atom. The lowest BCUT2D eigenvalue weighted by Gasteiger charge is -2.44. The highest BCUT2D eigenvalue weighted by Gasteiger charge is 2.44. The predicted molar refractivity (Wildman–Crippen MR) is 71.9 cm³/mol. The smallest absolute Gasteiger partial charge is 0.326 e. The van der Waals surface area contributed by atoms with Crippen molar-refractivity contribution in [1.82, 2.24) is 4.90 Å². The van der Waals surface area contributed by atoms with Crippen LogP contribution in [0.15, 0.2) is 24.3 Å². The fraction of sp³-hybridized carbons (Fsp3) is 0.467. The van der Waals surface area contributed by atoms with Gasteiger partial charge in [0.25, 0.3) is 5.91 Å². The van der Waals surface area contributed by atoms with Gasteiger partial charge in [0.2, 0.25) is 0 Å². The molecule has 1 unspecified atom stereocenters. The lowest BCUT2D eigenvalue weighted by molar-refractivity contribution is -0.148. The first-order chi connectivity index (χ1) is 9.33. The highest BCUT2D eigenvalue weighted by molar-refractivity contribution is 5.97. The normalized spacial score (nSPS) is 21.6. The van der Waals surface area contributed by atoms with Gasteiger partial charge in [0.1, 0.15) is 11.9 Å². The third-order valence-electron chi connectivity index (χ3n) is 3.86. The number of carbonyl (C=O) groups is 2. The summed E-state index contributed by atoms with van der Waals surface area (Å²) in [4.78, 5) is 25.4. The number of carboxylic acids is 1. The predicted octanol–water partition coefficient (Wildman–Crippen LogP) is 2.54. The number of amides is 1. The number of carboxylic acid groups (broad SMARTS) is 1. The van der Waals surface area contributed by atoms with Crippen molar-refractivity contribution in [2.45, 2.75) is 32.7 Å². The van der Waals surface area contributed by atoms with Crippen molar-refractivity contribution in [1.29, 1.82) is 0 Å². The van der Waals surface area contributed by atoms with Gasteiger partial charge in [0.05, 0.1) is 0 Å². The number of piperidine rings is 1. The number of halogens is 1. The van der Waals surface area contributed by atoms with Crippen molar-refractivity contribution in [3.63, 3.8) is 0 Å². The molecule has 0 saturated carbocycles. The second-order valence-corrected chi connectivity index (χ2v) is 5.84. The number of aliphatic carboxylic acids is 1. The van der Waals surface area contributed by atoms with E-state index in [-0.39, 0.29) is 5.91 Å². The van der Waals surface area contributed by atoms with E-state index >= 15 is 0 Å². The highest BCUT2D eigenvalue weighted by atomic mass is 19.1. The third-order valence-corrected chi connectivity index (χ3v) is 3.86. The summed E-state index contributed by atoms with van der Waals surface area (Å²) >= 11 is 0. The van der Waals surface area contributed by atoms with E-state index in [9.17, 15) is 19.1 Å². The average molecular weight is 279 g/mol. The zero-order valence-electron chi connectivity index (χ0n) is 11.6. The van der Waals surface area contributed by atoms with E-state index in [0.29, 0.717) is 12.1 Å². The first-order valence-corrected chi connectivity index (χ1v) is 6.62. The van der Waals surface area contributed by atoms with Crippen LogP contribution in [0.25, 0.3) is 0 Å².